The monoisotopic (exact) mass is 385 g/mol. The molecule has 0 saturated carbocycles. The van der Waals surface area contributed by atoms with Crippen LogP contribution >= 0.6 is 0 Å². The van der Waals surface area contributed by atoms with Gasteiger partial charge in [-0.3, -0.25) is 14.3 Å². The van der Waals surface area contributed by atoms with Crippen molar-refractivity contribution in [1.29, 1.82) is 0 Å². The number of rotatable bonds is 3. The van der Waals surface area contributed by atoms with Crippen LogP contribution in [0.1, 0.15) is 34.6 Å². The molecule has 28 heavy (non-hydrogen) atoms. The van der Waals surface area contributed by atoms with Crippen LogP contribution in [0.2, 0.25) is 0 Å². The van der Waals surface area contributed by atoms with Gasteiger partial charge in [-0.1, -0.05) is 0 Å². The quantitative estimate of drug-likeness (QED) is 0.860. The van der Waals surface area contributed by atoms with Crippen LogP contribution in [0.15, 0.2) is 29.1 Å². The summed E-state index contributed by atoms with van der Waals surface area (Å²) in [6, 6.07) is 3.74. The van der Waals surface area contributed by atoms with Crippen molar-refractivity contribution in [2.45, 2.75) is 38.9 Å². The number of nitrogens with one attached hydrogen (secondary N) is 1. The van der Waals surface area contributed by atoms with E-state index < -0.39 is 0 Å². The first-order valence-corrected chi connectivity index (χ1v) is 9.83. The van der Waals surface area contributed by atoms with Crippen LogP contribution in [-0.2, 0) is 17.9 Å². The summed E-state index contributed by atoms with van der Waals surface area (Å²) in [6.07, 6.45) is 4.50. The second-order valence-electron chi connectivity index (χ2n) is 7.94. The number of fused-ring (bicyclic) bond motifs is 1. The number of nitrogens with zero attached hydrogens (tertiary/aromatic N) is 4. The zero-order valence-electron chi connectivity index (χ0n) is 16.4. The Labute approximate surface area is 164 Å². The summed E-state index contributed by atoms with van der Waals surface area (Å²) in [6.45, 7) is 5.51. The van der Waals surface area contributed by atoms with Crippen molar-refractivity contribution in [3.8, 4) is 0 Å². The van der Waals surface area contributed by atoms with E-state index in [1.165, 1.54) is 12.5 Å². The number of hydrogen-bond acceptors (Lipinski definition) is 5. The number of carbonyl (C=O) groups excluding carboxylic acids is 2. The van der Waals surface area contributed by atoms with Gasteiger partial charge in [0.1, 0.15) is 6.26 Å². The van der Waals surface area contributed by atoms with Gasteiger partial charge in [0, 0.05) is 25.7 Å². The molecule has 2 aliphatic heterocycles. The zero-order chi connectivity index (χ0) is 19.7. The third-order valence-electron chi connectivity index (χ3n) is 5.63. The molecule has 4 rings (SSSR count). The highest BCUT2D eigenvalue weighted by Crippen LogP contribution is 2.22. The third kappa shape index (κ3) is 3.96. The molecule has 0 unspecified atom stereocenters. The highest BCUT2D eigenvalue weighted by molar-refractivity contribution is 5.94. The van der Waals surface area contributed by atoms with Gasteiger partial charge in [0.05, 0.1) is 42.2 Å². The molecule has 0 bridgehead atoms. The van der Waals surface area contributed by atoms with Crippen LogP contribution in [0, 0.1) is 12.8 Å². The summed E-state index contributed by atoms with van der Waals surface area (Å²) < 4.78 is 6.98. The van der Waals surface area contributed by atoms with E-state index in [9.17, 15) is 9.59 Å². The van der Waals surface area contributed by atoms with Crippen molar-refractivity contribution in [1.82, 2.24) is 24.9 Å². The second kappa shape index (κ2) is 7.79. The van der Waals surface area contributed by atoms with Gasteiger partial charge in [-0.2, -0.15) is 5.10 Å². The fourth-order valence-electron chi connectivity index (χ4n) is 4.25. The summed E-state index contributed by atoms with van der Waals surface area (Å²) in [5, 5.41) is 7.54. The van der Waals surface area contributed by atoms with Gasteiger partial charge >= 0.3 is 0 Å². The van der Waals surface area contributed by atoms with Crippen molar-refractivity contribution in [2.24, 2.45) is 5.92 Å². The molecule has 0 aromatic carbocycles. The maximum Gasteiger partial charge on any atom is 0.254 e. The van der Waals surface area contributed by atoms with Crippen LogP contribution in [0.25, 0.3) is 0 Å². The number of aromatic nitrogens is 2. The molecule has 8 nitrogen and oxygen atoms in total. The van der Waals surface area contributed by atoms with Gasteiger partial charge in [0.2, 0.25) is 5.91 Å². The Morgan fingerprint density at radius 2 is 2.11 bits per heavy atom. The van der Waals surface area contributed by atoms with Gasteiger partial charge in [-0.05, 0) is 38.9 Å². The number of carbonyl (C=O) groups is 2. The van der Waals surface area contributed by atoms with Crippen molar-refractivity contribution in [3.05, 3.63) is 41.6 Å². The number of likely N-dealkylation sites (tertiary alicyclic amines) is 1. The van der Waals surface area contributed by atoms with E-state index in [0.29, 0.717) is 25.2 Å². The molecular formula is C20H27N5O3. The van der Waals surface area contributed by atoms with Gasteiger partial charge in [-0.25, -0.2) is 0 Å². The summed E-state index contributed by atoms with van der Waals surface area (Å²) >= 11 is 0. The molecule has 2 aliphatic rings. The number of furan rings is 1. The van der Waals surface area contributed by atoms with E-state index in [4.69, 9.17) is 4.42 Å². The van der Waals surface area contributed by atoms with E-state index >= 15 is 0 Å². The van der Waals surface area contributed by atoms with Gasteiger partial charge in [-0.15, -0.1) is 0 Å². The summed E-state index contributed by atoms with van der Waals surface area (Å²) in [5.41, 5.74) is 2.62. The maximum atomic E-state index is 13.2. The molecule has 1 fully saturated rings. The number of likely N-dealkylation sites (N-methyl/N-ethyl adjacent to an activating group) is 1. The standard InChI is InChI=1S/C20H27N5O3/c1-14-9-18-12-24(6-7-25(18)22-14)20(27)15-3-4-17(11-23(2)10-15)21-19(26)16-5-8-28-13-16/h5,8-9,13,15,17H,3-4,6-7,10-12H2,1-2H3,(H,21,26)/t15-,17+/m1/s1. The Balaban J connectivity index is 1.37. The van der Waals surface area contributed by atoms with Crippen molar-refractivity contribution in [3.63, 3.8) is 0 Å². The average Bonchev–Trinajstić information content (AvgIpc) is 3.28. The molecular weight excluding hydrogens is 358 g/mol. The predicted molar refractivity (Wildman–Crippen MR) is 103 cm³/mol. The minimum Gasteiger partial charge on any atom is -0.472 e. The zero-order valence-corrected chi connectivity index (χ0v) is 16.4. The van der Waals surface area contributed by atoms with E-state index in [1.54, 1.807) is 6.07 Å². The second-order valence-corrected chi connectivity index (χ2v) is 7.94. The van der Waals surface area contributed by atoms with Gasteiger partial charge in [0.25, 0.3) is 5.91 Å². The lowest BCUT2D eigenvalue weighted by Crippen LogP contribution is -2.44. The van der Waals surface area contributed by atoms with Crippen LogP contribution < -0.4 is 5.32 Å². The molecule has 2 aromatic heterocycles. The van der Waals surface area contributed by atoms with Crippen molar-refractivity contribution in [2.75, 3.05) is 26.7 Å². The van der Waals surface area contributed by atoms with E-state index in [1.807, 2.05) is 23.6 Å². The Morgan fingerprint density at radius 1 is 1.25 bits per heavy atom. The van der Waals surface area contributed by atoms with Gasteiger partial charge < -0.3 is 19.5 Å². The minimum absolute atomic E-state index is 0.0237. The molecule has 2 aromatic rings. The minimum atomic E-state index is -0.128. The lowest BCUT2D eigenvalue weighted by atomic mass is 9.99. The normalized spacial score (nSPS) is 23.1. The highest BCUT2D eigenvalue weighted by atomic mass is 16.3. The maximum absolute atomic E-state index is 13.2. The first kappa shape index (κ1) is 18.7. The van der Waals surface area contributed by atoms with Gasteiger partial charge in [0.15, 0.2) is 0 Å². The molecule has 2 atom stereocenters. The molecule has 1 N–H and O–H groups in total. The summed E-state index contributed by atoms with van der Waals surface area (Å²) in [7, 11) is 2.01. The number of hydrogen-bond donors (Lipinski definition) is 1. The molecule has 0 radical (unpaired) electrons. The van der Waals surface area contributed by atoms with E-state index in [0.717, 1.165) is 37.3 Å². The average molecular weight is 385 g/mol. The molecule has 1 saturated heterocycles. The molecule has 150 valence electrons. The summed E-state index contributed by atoms with van der Waals surface area (Å²) in [4.78, 5) is 29.6. The van der Waals surface area contributed by atoms with Crippen molar-refractivity contribution < 1.29 is 14.0 Å². The van der Waals surface area contributed by atoms with E-state index in [-0.39, 0.29) is 23.8 Å². The first-order chi connectivity index (χ1) is 13.5. The molecule has 8 heteroatoms. The summed E-state index contributed by atoms with van der Waals surface area (Å²) in [5.74, 6) is 0.0340. The fraction of sp³-hybridized carbons (Fsp3) is 0.550. The SMILES string of the molecule is Cc1cc2n(n1)CCN(C(=O)[C@@H]1CC[C@H](NC(=O)c3ccoc3)CN(C)C1)C2. The topological polar surface area (TPSA) is 83.6 Å². The first-order valence-electron chi connectivity index (χ1n) is 9.83. The largest absolute Gasteiger partial charge is 0.472 e. The lowest BCUT2D eigenvalue weighted by molar-refractivity contribution is -0.137. The predicted octanol–water partition coefficient (Wildman–Crippen LogP) is 1.27. The smallest absolute Gasteiger partial charge is 0.254 e. The van der Waals surface area contributed by atoms with Crippen LogP contribution in [-0.4, -0.2) is 64.1 Å². The Morgan fingerprint density at radius 3 is 2.89 bits per heavy atom. The molecule has 2 amide bonds. The lowest BCUT2D eigenvalue weighted by Gasteiger charge is -2.31. The molecule has 0 aliphatic carbocycles. The molecule has 0 spiro atoms. The van der Waals surface area contributed by atoms with E-state index in [2.05, 4.69) is 21.4 Å². The molecule has 4 heterocycles. The Bertz CT molecular complexity index is 844. The van der Waals surface area contributed by atoms with Crippen LogP contribution in [0.5, 0.6) is 0 Å². The highest BCUT2D eigenvalue weighted by Gasteiger charge is 2.32. The Hall–Kier alpha value is -2.61. The third-order valence-corrected chi connectivity index (χ3v) is 5.63. The number of amides is 2. The number of aryl methyl sites for hydroxylation is 1. The Kier molecular flexibility index (Phi) is 5.21. The van der Waals surface area contributed by atoms with Crippen LogP contribution in [0.4, 0.5) is 0 Å². The van der Waals surface area contributed by atoms with Crippen LogP contribution in [0.3, 0.4) is 0 Å². The van der Waals surface area contributed by atoms with Crippen molar-refractivity contribution >= 4 is 11.8 Å². The fourth-order valence-corrected chi connectivity index (χ4v) is 4.25.